The molecule has 0 bridgehead atoms. The van der Waals surface area contributed by atoms with Crippen molar-refractivity contribution in [3.8, 4) is 0 Å². The van der Waals surface area contributed by atoms with Gasteiger partial charge in [0.2, 0.25) is 0 Å². The molecule has 0 heterocycles. The van der Waals surface area contributed by atoms with E-state index in [0.717, 1.165) is 32.2 Å². The maximum absolute atomic E-state index is 10.9. The van der Waals surface area contributed by atoms with E-state index in [2.05, 4.69) is 0 Å². The van der Waals surface area contributed by atoms with Crippen molar-refractivity contribution >= 4 is 5.97 Å². The number of unbranched alkanes of at least 4 members (excludes halogenated alkanes) is 3. The van der Waals surface area contributed by atoms with Crippen LogP contribution in [0.1, 0.15) is 32.6 Å². The standard InChI is InChI=1S/C9H20N2O2/c1-8(11)9(12)13-7-5-3-2-4-6-10/h8H,2-7,10-11H2,1H3. The number of nitrogens with two attached hydrogens (primary N) is 2. The number of carbonyl (C=O) groups excluding carboxylic acids is 1. The van der Waals surface area contributed by atoms with Gasteiger partial charge in [-0.15, -0.1) is 0 Å². The maximum Gasteiger partial charge on any atom is 0.322 e. The first-order chi connectivity index (χ1) is 6.18. The lowest BCUT2D eigenvalue weighted by Gasteiger charge is -2.06. The molecule has 0 radical (unpaired) electrons. The summed E-state index contributed by atoms with van der Waals surface area (Å²) in [6.45, 7) is 2.83. The molecule has 0 spiro atoms. The second-order valence-corrected chi connectivity index (χ2v) is 3.16. The van der Waals surface area contributed by atoms with Crippen LogP contribution in [0.25, 0.3) is 0 Å². The van der Waals surface area contributed by atoms with E-state index >= 15 is 0 Å². The van der Waals surface area contributed by atoms with Crippen molar-refractivity contribution in [2.75, 3.05) is 13.2 Å². The molecule has 0 aromatic carbocycles. The second kappa shape index (κ2) is 8.01. The fourth-order valence-corrected chi connectivity index (χ4v) is 0.904. The number of ether oxygens (including phenoxy) is 1. The minimum absolute atomic E-state index is 0.321. The van der Waals surface area contributed by atoms with Crippen LogP contribution in [0.4, 0.5) is 0 Å². The molecule has 0 fully saturated rings. The Morgan fingerprint density at radius 2 is 1.92 bits per heavy atom. The van der Waals surface area contributed by atoms with Crippen molar-refractivity contribution < 1.29 is 9.53 Å². The van der Waals surface area contributed by atoms with Crippen molar-refractivity contribution in [3.05, 3.63) is 0 Å². The Balaban J connectivity index is 3.12. The smallest absolute Gasteiger partial charge is 0.322 e. The lowest BCUT2D eigenvalue weighted by atomic mass is 10.2. The Hall–Kier alpha value is -0.610. The van der Waals surface area contributed by atoms with Gasteiger partial charge in [-0.25, -0.2) is 0 Å². The number of rotatable bonds is 7. The fourth-order valence-electron chi connectivity index (χ4n) is 0.904. The van der Waals surface area contributed by atoms with Gasteiger partial charge in [0.05, 0.1) is 6.61 Å². The molecule has 0 aliphatic heterocycles. The highest BCUT2D eigenvalue weighted by molar-refractivity contribution is 5.74. The van der Waals surface area contributed by atoms with Crippen LogP contribution in [-0.4, -0.2) is 25.2 Å². The van der Waals surface area contributed by atoms with E-state index in [4.69, 9.17) is 16.2 Å². The summed E-state index contributed by atoms with van der Waals surface area (Å²) < 4.78 is 4.89. The zero-order valence-corrected chi connectivity index (χ0v) is 8.29. The molecule has 0 saturated carbocycles. The molecular formula is C9H20N2O2. The van der Waals surface area contributed by atoms with Gasteiger partial charge >= 0.3 is 5.97 Å². The first kappa shape index (κ1) is 12.4. The van der Waals surface area contributed by atoms with Crippen molar-refractivity contribution in [1.29, 1.82) is 0 Å². The summed E-state index contributed by atoms with van der Waals surface area (Å²) in [7, 11) is 0. The third kappa shape index (κ3) is 7.74. The molecule has 1 atom stereocenters. The Morgan fingerprint density at radius 3 is 2.46 bits per heavy atom. The molecule has 4 nitrogen and oxygen atoms in total. The highest BCUT2D eigenvalue weighted by Gasteiger charge is 2.07. The zero-order valence-electron chi connectivity index (χ0n) is 8.29. The molecule has 0 aliphatic rings. The topological polar surface area (TPSA) is 78.3 Å². The lowest BCUT2D eigenvalue weighted by molar-refractivity contribution is -0.144. The van der Waals surface area contributed by atoms with Crippen molar-refractivity contribution in [1.82, 2.24) is 0 Å². The van der Waals surface area contributed by atoms with Crippen LogP contribution in [0.15, 0.2) is 0 Å². The summed E-state index contributed by atoms with van der Waals surface area (Å²) >= 11 is 0. The lowest BCUT2D eigenvalue weighted by Crippen LogP contribution is -2.28. The molecule has 78 valence electrons. The van der Waals surface area contributed by atoms with Crippen LogP contribution >= 0.6 is 0 Å². The van der Waals surface area contributed by atoms with Gasteiger partial charge in [0.15, 0.2) is 0 Å². The van der Waals surface area contributed by atoms with Gasteiger partial charge in [-0.05, 0) is 26.3 Å². The van der Waals surface area contributed by atoms with Gasteiger partial charge in [0.1, 0.15) is 6.04 Å². The van der Waals surface area contributed by atoms with Gasteiger partial charge in [0.25, 0.3) is 0 Å². The third-order valence-corrected chi connectivity index (χ3v) is 1.71. The van der Waals surface area contributed by atoms with Gasteiger partial charge in [-0.2, -0.15) is 0 Å². The summed E-state index contributed by atoms with van der Waals surface area (Å²) in [6, 6.07) is -0.510. The number of hydrogen-bond acceptors (Lipinski definition) is 4. The van der Waals surface area contributed by atoms with E-state index in [0.29, 0.717) is 6.61 Å². The first-order valence-corrected chi connectivity index (χ1v) is 4.80. The summed E-state index contributed by atoms with van der Waals surface area (Å²) in [6.07, 6.45) is 4.11. The van der Waals surface area contributed by atoms with E-state index < -0.39 is 6.04 Å². The molecule has 4 heteroatoms. The highest BCUT2D eigenvalue weighted by atomic mass is 16.5. The quantitative estimate of drug-likeness (QED) is 0.447. The molecule has 1 unspecified atom stereocenters. The van der Waals surface area contributed by atoms with E-state index in [1.54, 1.807) is 6.92 Å². The first-order valence-electron chi connectivity index (χ1n) is 4.80. The summed E-state index contributed by atoms with van der Waals surface area (Å²) in [4.78, 5) is 10.9. The van der Waals surface area contributed by atoms with Crippen LogP contribution < -0.4 is 11.5 Å². The Bertz CT molecular complexity index is 138. The molecular weight excluding hydrogens is 168 g/mol. The highest BCUT2D eigenvalue weighted by Crippen LogP contribution is 1.99. The van der Waals surface area contributed by atoms with Gasteiger partial charge < -0.3 is 16.2 Å². The van der Waals surface area contributed by atoms with Crippen molar-refractivity contribution in [3.63, 3.8) is 0 Å². The SMILES string of the molecule is CC(N)C(=O)OCCCCCCN. The van der Waals surface area contributed by atoms with Crippen LogP contribution in [-0.2, 0) is 9.53 Å². The number of esters is 1. The van der Waals surface area contributed by atoms with Crippen molar-refractivity contribution in [2.24, 2.45) is 11.5 Å². The van der Waals surface area contributed by atoms with E-state index in [1.807, 2.05) is 0 Å². The Kier molecular flexibility index (Phi) is 7.63. The number of hydrogen-bond donors (Lipinski definition) is 2. The Labute approximate surface area is 79.6 Å². The van der Waals surface area contributed by atoms with Crippen LogP contribution in [0.5, 0.6) is 0 Å². The second-order valence-electron chi connectivity index (χ2n) is 3.16. The molecule has 0 aliphatic carbocycles. The predicted molar refractivity (Wildman–Crippen MR) is 52.1 cm³/mol. The summed E-state index contributed by atoms with van der Waals surface area (Å²) in [5.41, 5.74) is 10.6. The average molecular weight is 188 g/mol. The van der Waals surface area contributed by atoms with Crippen LogP contribution in [0, 0.1) is 0 Å². The minimum atomic E-state index is -0.510. The van der Waals surface area contributed by atoms with Gasteiger partial charge in [-0.1, -0.05) is 12.8 Å². The zero-order chi connectivity index (χ0) is 10.1. The largest absolute Gasteiger partial charge is 0.465 e. The molecule has 0 aromatic heterocycles. The van der Waals surface area contributed by atoms with Gasteiger partial charge in [0, 0.05) is 0 Å². The van der Waals surface area contributed by atoms with Gasteiger partial charge in [-0.3, -0.25) is 4.79 Å². The monoisotopic (exact) mass is 188 g/mol. The average Bonchev–Trinajstić information content (AvgIpc) is 2.10. The maximum atomic E-state index is 10.9. The summed E-state index contributed by atoms with van der Waals surface area (Å²) in [5.74, 6) is -0.321. The molecule has 4 N–H and O–H groups in total. The Morgan fingerprint density at radius 1 is 1.31 bits per heavy atom. The van der Waals surface area contributed by atoms with Crippen molar-refractivity contribution in [2.45, 2.75) is 38.6 Å². The van der Waals surface area contributed by atoms with Crippen LogP contribution in [0.2, 0.25) is 0 Å². The van der Waals surface area contributed by atoms with E-state index in [9.17, 15) is 4.79 Å². The van der Waals surface area contributed by atoms with Crippen LogP contribution in [0.3, 0.4) is 0 Å². The minimum Gasteiger partial charge on any atom is -0.465 e. The third-order valence-electron chi connectivity index (χ3n) is 1.71. The predicted octanol–water partition coefficient (Wildman–Crippen LogP) is 0.396. The van der Waals surface area contributed by atoms with E-state index in [-0.39, 0.29) is 5.97 Å². The normalized spacial score (nSPS) is 12.5. The molecule has 0 aromatic rings. The molecule has 13 heavy (non-hydrogen) atoms. The van der Waals surface area contributed by atoms with E-state index in [1.165, 1.54) is 0 Å². The molecule has 0 rings (SSSR count). The number of carbonyl (C=O) groups is 1. The summed E-state index contributed by atoms with van der Waals surface area (Å²) in [5, 5.41) is 0. The fraction of sp³-hybridized carbons (Fsp3) is 0.889. The molecule has 0 saturated heterocycles. The molecule has 0 amide bonds.